The Morgan fingerprint density at radius 2 is 2.00 bits per heavy atom. The first-order valence-electron chi connectivity index (χ1n) is 2.45. The van der Waals surface area contributed by atoms with Gasteiger partial charge in [-0.15, -0.1) is 0 Å². The first-order valence-corrected chi connectivity index (χ1v) is 2.45. The smallest absolute Gasteiger partial charge is 0.184 e. The Hall–Kier alpha value is -0.410. The maximum absolute atomic E-state index is 10.6. The summed E-state index contributed by atoms with van der Waals surface area (Å²) in [7, 11) is 2.89. The number of rotatable bonds is 2. The van der Waals surface area contributed by atoms with Crippen molar-refractivity contribution in [2.75, 3.05) is 20.6 Å². The fraction of sp³-hybridized carbons (Fsp3) is 0.800. The fourth-order valence-corrected chi connectivity index (χ4v) is 0.536. The van der Waals surface area contributed by atoms with Crippen molar-refractivity contribution in [1.82, 2.24) is 0 Å². The molecule has 0 amide bonds. The van der Waals surface area contributed by atoms with E-state index in [4.69, 9.17) is 0 Å². The van der Waals surface area contributed by atoms with Gasteiger partial charge in [-0.1, -0.05) is 0 Å². The van der Waals surface area contributed by atoms with Gasteiger partial charge in [-0.05, 0) is 0 Å². The summed E-state index contributed by atoms with van der Waals surface area (Å²) >= 11 is 0. The summed E-state index contributed by atoms with van der Waals surface area (Å²) in [5.41, 5.74) is 0. The van der Waals surface area contributed by atoms with Crippen molar-refractivity contribution in [3.05, 3.63) is 5.21 Å². The highest BCUT2D eigenvalue weighted by Gasteiger charge is 2.03. The van der Waals surface area contributed by atoms with Gasteiger partial charge in [0.1, 0.15) is 6.54 Å². The molecule has 3 nitrogen and oxygen atoms in total. The summed E-state index contributed by atoms with van der Waals surface area (Å²) in [5.74, 6) is -0.0648. The molecular formula is C5H11NO2. The predicted octanol–water partition coefficient (Wildman–Crippen LogP) is 0.150. The molecule has 0 aliphatic carbocycles. The summed E-state index contributed by atoms with van der Waals surface area (Å²) in [6.45, 7) is 1.48. The highest BCUT2D eigenvalue weighted by Crippen LogP contribution is 1.89. The molecule has 48 valence electrons. The van der Waals surface area contributed by atoms with Crippen molar-refractivity contribution in [3.63, 3.8) is 0 Å². The number of carbonyl (C=O) groups is 1. The Bertz CT molecular complexity index is 93.1. The zero-order chi connectivity index (χ0) is 6.78. The van der Waals surface area contributed by atoms with E-state index in [0.29, 0.717) is 0 Å². The number of nitrogens with zero attached hydrogens (tertiary/aromatic N) is 1. The normalized spacial score (nSPS) is 11.5. The molecule has 0 spiro atoms. The van der Waals surface area contributed by atoms with Crippen molar-refractivity contribution in [2.24, 2.45) is 0 Å². The lowest BCUT2D eigenvalue weighted by molar-refractivity contribution is -0.831. The summed E-state index contributed by atoms with van der Waals surface area (Å²) in [6, 6.07) is 0. The number of likely N-dealkylation sites (N-methyl/N-ethyl adjacent to an activating group) is 1. The van der Waals surface area contributed by atoms with E-state index in [9.17, 15) is 10.0 Å². The van der Waals surface area contributed by atoms with Gasteiger partial charge in [-0.3, -0.25) is 4.79 Å². The summed E-state index contributed by atoms with van der Waals surface area (Å²) < 4.78 is -0.519. The first kappa shape index (κ1) is 7.59. The third kappa shape index (κ3) is 5.59. The van der Waals surface area contributed by atoms with E-state index >= 15 is 0 Å². The highest BCUT2D eigenvalue weighted by atomic mass is 16.5. The molecule has 0 saturated heterocycles. The molecule has 0 bridgehead atoms. The minimum atomic E-state index is -0.519. The quantitative estimate of drug-likeness (QED) is 0.381. The van der Waals surface area contributed by atoms with Crippen LogP contribution in [-0.4, -0.2) is 31.1 Å². The van der Waals surface area contributed by atoms with Gasteiger partial charge in [0.25, 0.3) is 0 Å². The summed E-state index contributed by atoms with van der Waals surface area (Å²) in [6.07, 6.45) is 0. The van der Waals surface area contributed by atoms with E-state index in [1.807, 2.05) is 0 Å². The van der Waals surface area contributed by atoms with E-state index in [0.717, 1.165) is 0 Å². The molecule has 0 aromatic heterocycles. The molecule has 0 aliphatic heterocycles. The number of carbonyl (C=O) groups excluding carboxylic acids is 1. The lowest BCUT2D eigenvalue weighted by atomic mass is 10.4. The van der Waals surface area contributed by atoms with Crippen molar-refractivity contribution >= 4 is 5.78 Å². The van der Waals surface area contributed by atoms with Crippen LogP contribution in [0.3, 0.4) is 0 Å². The van der Waals surface area contributed by atoms with Gasteiger partial charge >= 0.3 is 0 Å². The lowest BCUT2D eigenvalue weighted by Gasteiger charge is -2.32. The largest absolute Gasteiger partial charge is 0.633 e. The molecule has 0 aromatic carbocycles. The molecule has 0 aromatic rings. The zero-order valence-corrected chi connectivity index (χ0v) is 5.47. The van der Waals surface area contributed by atoms with Crippen LogP contribution in [0.1, 0.15) is 6.92 Å². The molecule has 0 radical (unpaired) electrons. The first-order chi connectivity index (χ1) is 3.42. The van der Waals surface area contributed by atoms with Crippen LogP contribution in [0.15, 0.2) is 0 Å². The second-order valence-corrected chi connectivity index (χ2v) is 2.43. The van der Waals surface area contributed by atoms with E-state index in [-0.39, 0.29) is 12.3 Å². The Morgan fingerprint density at radius 1 is 1.62 bits per heavy atom. The van der Waals surface area contributed by atoms with Crippen LogP contribution in [0.2, 0.25) is 0 Å². The number of hydroxylamine groups is 3. The van der Waals surface area contributed by atoms with Gasteiger partial charge in [0.2, 0.25) is 0 Å². The molecular weight excluding hydrogens is 106 g/mol. The zero-order valence-electron chi connectivity index (χ0n) is 5.47. The second-order valence-electron chi connectivity index (χ2n) is 2.43. The minimum Gasteiger partial charge on any atom is -0.633 e. The Morgan fingerprint density at radius 3 is 2.00 bits per heavy atom. The number of Topliss-reactive ketones (excluding diaryl/α,β-unsaturated/α-hetero) is 1. The molecule has 0 saturated carbocycles. The number of ketones is 1. The molecule has 0 rings (SSSR count). The fourth-order valence-electron chi connectivity index (χ4n) is 0.536. The van der Waals surface area contributed by atoms with Gasteiger partial charge in [-0.2, -0.15) is 0 Å². The third-order valence-electron chi connectivity index (χ3n) is 0.603. The van der Waals surface area contributed by atoms with E-state index in [1.165, 1.54) is 21.0 Å². The van der Waals surface area contributed by atoms with Crippen molar-refractivity contribution in [1.29, 1.82) is 0 Å². The topological polar surface area (TPSA) is 40.1 Å². The number of hydrogen-bond donors (Lipinski definition) is 0. The van der Waals surface area contributed by atoms with Gasteiger partial charge < -0.3 is 9.85 Å². The Balaban J connectivity index is 3.55. The molecule has 0 aliphatic rings. The molecule has 0 fully saturated rings. The van der Waals surface area contributed by atoms with Gasteiger partial charge in [0, 0.05) is 6.92 Å². The molecule has 0 unspecified atom stereocenters. The van der Waals surface area contributed by atoms with Crippen LogP contribution in [0.5, 0.6) is 0 Å². The predicted molar refractivity (Wildman–Crippen MR) is 31.0 cm³/mol. The average molecular weight is 117 g/mol. The SMILES string of the molecule is CC(=O)C[N+](C)(C)[O-]. The van der Waals surface area contributed by atoms with Crippen LogP contribution >= 0.6 is 0 Å². The van der Waals surface area contributed by atoms with E-state index in [2.05, 4.69) is 0 Å². The molecule has 0 N–H and O–H groups in total. The van der Waals surface area contributed by atoms with Crippen LogP contribution in [-0.2, 0) is 4.79 Å². The molecule has 8 heavy (non-hydrogen) atoms. The summed E-state index contributed by atoms with van der Waals surface area (Å²) in [4.78, 5) is 10.2. The van der Waals surface area contributed by atoms with Crippen LogP contribution in [0, 0.1) is 5.21 Å². The maximum atomic E-state index is 10.6. The maximum Gasteiger partial charge on any atom is 0.184 e. The monoisotopic (exact) mass is 117 g/mol. The molecule has 0 heterocycles. The van der Waals surface area contributed by atoms with Crippen molar-refractivity contribution in [2.45, 2.75) is 6.92 Å². The number of hydrogen-bond acceptors (Lipinski definition) is 2. The van der Waals surface area contributed by atoms with Gasteiger partial charge in [0.15, 0.2) is 5.78 Å². The standard InChI is InChI=1S/C5H11NO2/c1-5(7)4-6(2,3)8/h4H2,1-3H3. The lowest BCUT2D eigenvalue weighted by Crippen LogP contribution is -2.36. The average Bonchev–Trinajstić information content (AvgIpc) is 1.21. The van der Waals surface area contributed by atoms with Crippen LogP contribution < -0.4 is 0 Å². The molecule has 0 atom stereocenters. The molecule has 3 heteroatoms. The van der Waals surface area contributed by atoms with Crippen molar-refractivity contribution in [3.8, 4) is 0 Å². The highest BCUT2D eigenvalue weighted by molar-refractivity contribution is 5.76. The van der Waals surface area contributed by atoms with Gasteiger partial charge in [0.05, 0.1) is 14.1 Å². The second kappa shape index (κ2) is 2.24. The summed E-state index contributed by atoms with van der Waals surface area (Å²) in [5, 5.41) is 10.6. The van der Waals surface area contributed by atoms with Crippen LogP contribution in [0.4, 0.5) is 0 Å². The van der Waals surface area contributed by atoms with E-state index < -0.39 is 4.65 Å². The third-order valence-corrected chi connectivity index (χ3v) is 0.603. The Labute approximate surface area is 49.1 Å². The van der Waals surface area contributed by atoms with E-state index in [1.54, 1.807) is 0 Å². The van der Waals surface area contributed by atoms with Crippen LogP contribution in [0.25, 0.3) is 0 Å². The Kier molecular flexibility index (Phi) is 2.12. The number of quaternary nitrogens is 1. The van der Waals surface area contributed by atoms with Crippen molar-refractivity contribution < 1.29 is 9.44 Å². The van der Waals surface area contributed by atoms with Gasteiger partial charge in [-0.25, -0.2) is 0 Å². The minimum absolute atomic E-state index is 0.0648.